The van der Waals surface area contributed by atoms with Crippen LogP contribution in [0.2, 0.25) is 0 Å². The Morgan fingerprint density at radius 3 is 2.80 bits per heavy atom. The zero-order valence-electron chi connectivity index (χ0n) is 5.54. The van der Waals surface area contributed by atoms with E-state index in [0.717, 1.165) is 0 Å². The number of hydrogen-bond donors (Lipinski definition) is 1. The molecule has 0 spiro atoms. The summed E-state index contributed by atoms with van der Waals surface area (Å²) >= 11 is 0.313. The highest BCUT2D eigenvalue weighted by atomic mass is 32.2. The summed E-state index contributed by atoms with van der Waals surface area (Å²) in [7, 11) is 1.20. The van der Waals surface area contributed by atoms with Gasteiger partial charge < -0.3 is 9.29 Å². The molecular weight excluding hydrogens is 159 g/mol. The number of hydrogen-bond acceptors (Lipinski definition) is 4. The van der Waals surface area contributed by atoms with Crippen molar-refractivity contribution < 1.29 is 18.5 Å². The zero-order valence-corrected chi connectivity index (χ0v) is 6.36. The summed E-state index contributed by atoms with van der Waals surface area (Å²) in [5, 5.41) is -0.782. The largest absolute Gasteiger partial charge is 0.468 e. The second kappa shape index (κ2) is 5.49. The van der Waals surface area contributed by atoms with Gasteiger partial charge in [-0.05, 0) is 0 Å². The molecule has 1 N–H and O–H groups in total. The Balaban J connectivity index is 3.68. The molecule has 0 rings (SSSR count). The monoisotopic (exact) mass is 168 g/mol. The highest BCUT2D eigenvalue weighted by Crippen LogP contribution is 2.11. The molecule has 0 radical (unpaired) electrons. The molecular formula is C5H9FO3S. The van der Waals surface area contributed by atoms with Gasteiger partial charge >= 0.3 is 5.97 Å². The van der Waals surface area contributed by atoms with Crippen LogP contribution in [0, 0.1) is 0 Å². The Bertz CT molecular complexity index is 109. The summed E-state index contributed by atoms with van der Waals surface area (Å²) in [6.07, 6.45) is -0.00611. The molecule has 0 fully saturated rings. The first-order chi connectivity index (χ1) is 4.76. The molecule has 0 aliphatic rings. The molecule has 0 saturated heterocycles. The van der Waals surface area contributed by atoms with Gasteiger partial charge in [0.05, 0.1) is 13.8 Å². The van der Waals surface area contributed by atoms with Crippen LogP contribution < -0.4 is 0 Å². The lowest BCUT2D eigenvalue weighted by molar-refractivity contribution is -0.140. The van der Waals surface area contributed by atoms with Gasteiger partial charge in [-0.25, -0.2) is 0 Å². The van der Waals surface area contributed by atoms with E-state index in [2.05, 4.69) is 4.74 Å². The lowest BCUT2D eigenvalue weighted by Crippen LogP contribution is -2.18. The van der Waals surface area contributed by atoms with Crippen molar-refractivity contribution in [2.45, 2.75) is 11.7 Å². The van der Waals surface area contributed by atoms with Gasteiger partial charge in [0, 0.05) is 18.5 Å². The molecule has 1 unspecified atom stereocenters. The van der Waals surface area contributed by atoms with E-state index >= 15 is 0 Å². The average molecular weight is 168 g/mol. The van der Waals surface area contributed by atoms with Gasteiger partial charge in [-0.1, -0.05) is 0 Å². The third-order valence-electron chi connectivity index (χ3n) is 0.963. The predicted molar refractivity (Wildman–Crippen MR) is 36.6 cm³/mol. The van der Waals surface area contributed by atoms with Crippen molar-refractivity contribution in [3.63, 3.8) is 0 Å². The zero-order chi connectivity index (χ0) is 7.98. The van der Waals surface area contributed by atoms with Crippen molar-refractivity contribution in [3.05, 3.63) is 0 Å². The first-order valence-corrected chi connectivity index (χ1v) is 3.54. The highest BCUT2D eigenvalue weighted by molar-refractivity contribution is 7.95. The van der Waals surface area contributed by atoms with Crippen molar-refractivity contribution in [2.24, 2.45) is 0 Å². The van der Waals surface area contributed by atoms with Gasteiger partial charge in [-0.15, -0.1) is 0 Å². The molecule has 0 amide bonds. The number of alkyl halides is 1. The standard InChI is InChI=1S/C5H9FO3S/c1-9-5(7)4(10-8)2-3-6/h4,8H,2-3H2,1H3. The number of carbonyl (C=O) groups excluding carboxylic acids is 1. The molecule has 0 aliphatic heterocycles. The Morgan fingerprint density at radius 2 is 2.50 bits per heavy atom. The second-order valence-corrected chi connectivity index (χ2v) is 2.37. The predicted octanol–water partition coefficient (Wildman–Crippen LogP) is 1.09. The number of rotatable bonds is 4. The molecule has 0 aliphatic carbocycles. The molecule has 3 nitrogen and oxygen atoms in total. The van der Waals surface area contributed by atoms with Crippen LogP contribution in [0.4, 0.5) is 4.39 Å². The fourth-order valence-corrected chi connectivity index (χ4v) is 0.821. The van der Waals surface area contributed by atoms with Crippen molar-refractivity contribution in [2.75, 3.05) is 13.8 Å². The van der Waals surface area contributed by atoms with Gasteiger partial charge in [-0.2, -0.15) is 0 Å². The summed E-state index contributed by atoms with van der Waals surface area (Å²) in [4.78, 5) is 10.6. The third kappa shape index (κ3) is 3.03. The fraction of sp³-hybridized carbons (Fsp3) is 0.800. The summed E-state index contributed by atoms with van der Waals surface area (Å²) in [5.41, 5.74) is 0. The summed E-state index contributed by atoms with van der Waals surface area (Å²) in [6, 6.07) is 0. The number of carbonyl (C=O) groups is 1. The first kappa shape index (κ1) is 9.71. The van der Waals surface area contributed by atoms with Gasteiger partial charge in [-0.3, -0.25) is 9.18 Å². The minimum Gasteiger partial charge on any atom is -0.468 e. The maximum atomic E-state index is 11.6. The third-order valence-corrected chi connectivity index (χ3v) is 1.65. The van der Waals surface area contributed by atoms with E-state index in [9.17, 15) is 9.18 Å². The SMILES string of the molecule is COC(=O)C(CCF)SO. The van der Waals surface area contributed by atoms with E-state index in [1.807, 2.05) is 0 Å². The van der Waals surface area contributed by atoms with Crippen LogP contribution >= 0.6 is 12.0 Å². The Hall–Kier alpha value is -0.290. The topological polar surface area (TPSA) is 46.5 Å². The summed E-state index contributed by atoms with van der Waals surface area (Å²) in [5.74, 6) is -0.592. The van der Waals surface area contributed by atoms with E-state index in [1.54, 1.807) is 0 Å². The van der Waals surface area contributed by atoms with Crippen LogP contribution in [0.1, 0.15) is 6.42 Å². The molecule has 0 saturated carbocycles. The Morgan fingerprint density at radius 1 is 1.90 bits per heavy atom. The number of esters is 1. The van der Waals surface area contributed by atoms with Crippen LogP contribution in [0.15, 0.2) is 0 Å². The lowest BCUT2D eigenvalue weighted by Gasteiger charge is -2.06. The van der Waals surface area contributed by atoms with Crippen molar-refractivity contribution in [1.29, 1.82) is 0 Å². The van der Waals surface area contributed by atoms with Gasteiger partial charge in [0.1, 0.15) is 5.25 Å². The van der Waals surface area contributed by atoms with Crippen molar-refractivity contribution in [1.82, 2.24) is 0 Å². The molecule has 0 aromatic carbocycles. The maximum absolute atomic E-state index is 11.6. The molecule has 10 heavy (non-hydrogen) atoms. The number of ether oxygens (including phenoxy) is 1. The van der Waals surface area contributed by atoms with Crippen molar-refractivity contribution in [3.8, 4) is 0 Å². The van der Waals surface area contributed by atoms with Crippen molar-refractivity contribution >= 4 is 18.0 Å². The Kier molecular flexibility index (Phi) is 5.33. The van der Waals surface area contributed by atoms with Gasteiger partial charge in [0.25, 0.3) is 0 Å². The van der Waals surface area contributed by atoms with E-state index in [0.29, 0.717) is 12.0 Å². The smallest absolute Gasteiger partial charge is 0.321 e. The number of methoxy groups -OCH3 is 1. The van der Waals surface area contributed by atoms with E-state index in [1.165, 1.54) is 7.11 Å². The van der Waals surface area contributed by atoms with Gasteiger partial charge in [0.15, 0.2) is 0 Å². The van der Waals surface area contributed by atoms with Crippen LogP contribution in [-0.4, -0.2) is 29.6 Å². The Labute approximate surface area is 62.8 Å². The quantitative estimate of drug-likeness (QED) is 0.504. The first-order valence-electron chi connectivity index (χ1n) is 2.70. The van der Waals surface area contributed by atoms with Crippen LogP contribution in [0.3, 0.4) is 0 Å². The molecule has 0 bridgehead atoms. The maximum Gasteiger partial charge on any atom is 0.321 e. The van der Waals surface area contributed by atoms with Gasteiger partial charge in [0.2, 0.25) is 0 Å². The minimum atomic E-state index is -0.782. The van der Waals surface area contributed by atoms with Crippen LogP contribution in [0.25, 0.3) is 0 Å². The molecule has 0 aromatic heterocycles. The van der Waals surface area contributed by atoms with E-state index < -0.39 is 17.9 Å². The minimum absolute atomic E-state index is 0.00611. The molecule has 1 atom stereocenters. The molecule has 60 valence electrons. The molecule has 0 heterocycles. The summed E-state index contributed by atoms with van der Waals surface area (Å²) in [6.45, 7) is -0.632. The fourth-order valence-electron chi connectivity index (χ4n) is 0.444. The summed E-state index contributed by atoms with van der Waals surface area (Å²) < 4.78 is 24.3. The lowest BCUT2D eigenvalue weighted by atomic mass is 10.3. The average Bonchev–Trinajstić information content (AvgIpc) is 1.99. The van der Waals surface area contributed by atoms with E-state index in [-0.39, 0.29) is 6.42 Å². The number of halogens is 1. The normalized spacial score (nSPS) is 12.7. The van der Waals surface area contributed by atoms with E-state index in [4.69, 9.17) is 4.55 Å². The molecule has 5 heteroatoms. The van der Waals surface area contributed by atoms with Crippen LogP contribution in [0.5, 0.6) is 0 Å². The van der Waals surface area contributed by atoms with Crippen LogP contribution in [-0.2, 0) is 9.53 Å². The highest BCUT2D eigenvalue weighted by Gasteiger charge is 2.18. The molecule has 0 aromatic rings. The second-order valence-electron chi connectivity index (χ2n) is 1.59.